The molecule has 21 heavy (non-hydrogen) atoms. The first kappa shape index (κ1) is 16.5. The normalized spacial score (nSPS) is 22.0. The Balaban J connectivity index is 1.94. The number of halogens is 1. The number of nitrogens with one attached hydrogen (secondary N) is 1. The van der Waals surface area contributed by atoms with Crippen molar-refractivity contribution in [3.05, 3.63) is 34.3 Å². The van der Waals surface area contributed by atoms with Crippen molar-refractivity contribution >= 4 is 21.8 Å². The molecular formula is C17H26BrN2O+. The molecule has 0 radical (unpaired) electrons. The van der Waals surface area contributed by atoms with Gasteiger partial charge in [0, 0.05) is 23.1 Å². The van der Waals surface area contributed by atoms with Crippen LogP contribution in [0.3, 0.4) is 0 Å². The lowest BCUT2D eigenvalue weighted by atomic mass is 9.96. The minimum Gasteiger partial charge on any atom is -0.343 e. The van der Waals surface area contributed by atoms with E-state index in [0.717, 1.165) is 43.5 Å². The van der Waals surface area contributed by atoms with Gasteiger partial charge in [-0.1, -0.05) is 28.1 Å². The van der Waals surface area contributed by atoms with Crippen LogP contribution in [0.4, 0.5) is 0 Å². The van der Waals surface area contributed by atoms with Gasteiger partial charge in [-0.2, -0.15) is 0 Å². The van der Waals surface area contributed by atoms with Crippen LogP contribution < -0.4 is 4.90 Å². The summed E-state index contributed by atoms with van der Waals surface area (Å²) in [6.45, 7) is 8.97. The number of likely N-dealkylation sites (tertiary alicyclic amines) is 1. The molecule has 0 bridgehead atoms. The topological polar surface area (TPSA) is 24.8 Å². The van der Waals surface area contributed by atoms with Gasteiger partial charge in [0.25, 0.3) is 0 Å². The molecule has 1 aliphatic heterocycles. The first-order valence-corrected chi connectivity index (χ1v) is 8.80. The van der Waals surface area contributed by atoms with Gasteiger partial charge in [0.1, 0.15) is 6.54 Å². The summed E-state index contributed by atoms with van der Waals surface area (Å²) in [4.78, 5) is 16.0. The standard InChI is InChI=1S/C17H25BrN2O/c1-3-20(4-2)17(21)15-6-5-11-19(13-15)12-14-7-9-16(18)10-8-14/h7-10,15H,3-6,11-13H2,1-2H3/p+1/t15-/m1/s1. The summed E-state index contributed by atoms with van der Waals surface area (Å²) < 4.78 is 1.12. The van der Waals surface area contributed by atoms with Crippen molar-refractivity contribution in [1.82, 2.24) is 4.90 Å². The Hall–Kier alpha value is -0.870. The van der Waals surface area contributed by atoms with Gasteiger partial charge >= 0.3 is 0 Å². The first-order chi connectivity index (χ1) is 10.1. The second-order valence-corrected chi connectivity index (χ2v) is 6.77. The van der Waals surface area contributed by atoms with Crippen LogP contribution in [0.25, 0.3) is 0 Å². The minimum absolute atomic E-state index is 0.212. The molecule has 0 saturated carbocycles. The van der Waals surface area contributed by atoms with Crippen LogP contribution in [-0.2, 0) is 11.3 Å². The van der Waals surface area contributed by atoms with Crippen LogP contribution in [-0.4, -0.2) is 37.0 Å². The second-order valence-electron chi connectivity index (χ2n) is 5.86. The molecule has 1 aliphatic rings. The van der Waals surface area contributed by atoms with Crippen LogP contribution in [0.5, 0.6) is 0 Å². The largest absolute Gasteiger partial charge is 0.343 e. The number of amides is 1. The molecule has 0 spiro atoms. The first-order valence-electron chi connectivity index (χ1n) is 8.00. The zero-order chi connectivity index (χ0) is 15.2. The molecule has 1 fully saturated rings. The Morgan fingerprint density at radius 1 is 1.29 bits per heavy atom. The molecule has 1 saturated heterocycles. The van der Waals surface area contributed by atoms with Gasteiger partial charge < -0.3 is 9.80 Å². The van der Waals surface area contributed by atoms with Crippen molar-refractivity contribution in [1.29, 1.82) is 0 Å². The van der Waals surface area contributed by atoms with Crippen LogP contribution in [0.15, 0.2) is 28.7 Å². The Kier molecular flexibility index (Phi) is 6.24. The van der Waals surface area contributed by atoms with E-state index in [1.165, 1.54) is 17.0 Å². The predicted molar refractivity (Wildman–Crippen MR) is 89.2 cm³/mol. The number of piperidine rings is 1. The monoisotopic (exact) mass is 353 g/mol. The fourth-order valence-electron chi connectivity index (χ4n) is 3.21. The quantitative estimate of drug-likeness (QED) is 0.861. The summed E-state index contributed by atoms with van der Waals surface area (Å²) in [5, 5.41) is 0. The maximum absolute atomic E-state index is 12.5. The molecule has 2 rings (SSSR count). The van der Waals surface area contributed by atoms with E-state index >= 15 is 0 Å². The summed E-state index contributed by atoms with van der Waals surface area (Å²) in [5.74, 6) is 0.567. The molecule has 1 unspecified atom stereocenters. The van der Waals surface area contributed by atoms with E-state index in [2.05, 4.69) is 54.0 Å². The highest BCUT2D eigenvalue weighted by Crippen LogP contribution is 2.13. The average Bonchev–Trinajstić information content (AvgIpc) is 2.51. The lowest BCUT2D eigenvalue weighted by Crippen LogP contribution is -3.12. The van der Waals surface area contributed by atoms with E-state index in [4.69, 9.17) is 0 Å². The number of hydrogen-bond acceptors (Lipinski definition) is 1. The maximum Gasteiger partial charge on any atom is 0.231 e. The smallest absolute Gasteiger partial charge is 0.231 e. The van der Waals surface area contributed by atoms with Crippen LogP contribution in [0.2, 0.25) is 0 Å². The third-order valence-electron chi connectivity index (χ3n) is 4.41. The lowest BCUT2D eigenvalue weighted by molar-refractivity contribution is -0.921. The highest BCUT2D eigenvalue weighted by molar-refractivity contribution is 9.10. The minimum atomic E-state index is 0.212. The maximum atomic E-state index is 12.5. The van der Waals surface area contributed by atoms with Crippen molar-refractivity contribution in [2.75, 3.05) is 26.2 Å². The highest BCUT2D eigenvalue weighted by Gasteiger charge is 2.30. The highest BCUT2D eigenvalue weighted by atomic mass is 79.9. The van der Waals surface area contributed by atoms with Crippen molar-refractivity contribution in [2.45, 2.75) is 33.2 Å². The van der Waals surface area contributed by atoms with Crippen molar-refractivity contribution in [2.24, 2.45) is 5.92 Å². The van der Waals surface area contributed by atoms with Gasteiger partial charge in [0.05, 0.1) is 19.0 Å². The zero-order valence-electron chi connectivity index (χ0n) is 13.1. The lowest BCUT2D eigenvalue weighted by Gasteiger charge is -2.32. The molecule has 3 nitrogen and oxygen atoms in total. The van der Waals surface area contributed by atoms with E-state index in [-0.39, 0.29) is 5.92 Å². The van der Waals surface area contributed by atoms with Crippen LogP contribution in [0, 0.1) is 5.92 Å². The molecule has 0 aliphatic carbocycles. The number of benzene rings is 1. The van der Waals surface area contributed by atoms with E-state index in [0.29, 0.717) is 5.91 Å². The molecule has 4 heteroatoms. The zero-order valence-corrected chi connectivity index (χ0v) is 14.7. The Labute approximate surface area is 136 Å². The van der Waals surface area contributed by atoms with Crippen LogP contribution >= 0.6 is 15.9 Å². The van der Waals surface area contributed by atoms with Crippen molar-refractivity contribution in [3.63, 3.8) is 0 Å². The van der Waals surface area contributed by atoms with E-state index in [1.807, 2.05) is 4.90 Å². The third-order valence-corrected chi connectivity index (χ3v) is 4.94. The summed E-state index contributed by atoms with van der Waals surface area (Å²) in [6.07, 6.45) is 2.21. The fraction of sp³-hybridized carbons (Fsp3) is 0.588. The molecule has 1 heterocycles. The van der Waals surface area contributed by atoms with Gasteiger partial charge in [-0.3, -0.25) is 4.79 Å². The summed E-state index contributed by atoms with van der Waals surface area (Å²) in [7, 11) is 0. The number of rotatable bonds is 5. The molecule has 0 aromatic heterocycles. The van der Waals surface area contributed by atoms with E-state index < -0.39 is 0 Å². The molecule has 1 N–H and O–H groups in total. The van der Waals surface area contributed by atoms with Gasteiger partial charge in [-0.15, -0.1) is 0 Å². The molecule has 116 valence electrons. The fourth-order valence-corrected chi connectivity index (χ4v) is 3.47. The van der Waals surface area contributed by atoms with Gasteiger partial charge in [-0.05, 0) is 38.8 Å². The average molecular weight is 354 g/mol. The predicted octanol–water partition coefficient (Wildman–Crippen LogP) is 2.11. The van der Waals surface area contributed by atoms with Crippen molar-refractivity contribution < 1.29 is 9.69 Å². The summed E-state index contributed by atoms with van der Waals surface area (Å²) >= 11 is 3.47. The number of nitrogens with zero attached hydrogens (tertiary/aromatic N) is 1. The Morgan fingerprint density at radius 3 is 2.57 bits per heavy atom. The number of hydrogen-bond donors (Lipinski definition) is 1. The van der Waals surface area contributed by atoms with Crippen molar-refractivity contribution in [3.8, 4) is 0 Å². The Bertz CT molecular complexity index is 456. The summed E-state index contributed by atoms with van der Waals surface area (Å²) in [5.41, 5.74) is 1.35. The molecule has 1 aromatic carbocycles. The summed E-state index contributed by atoms with van der Waals surface area (Å²) in [6, 6.07) is 8.54. The van der Waals surface area contributed by atoms with E-state index in [9.17, 15) is 4.79 Å². The molecule has 1 amide bonds. The Morgan fingerprint density at radius 2 is 1.95 bits per heavy atom. The van der Waals surface area contributed by atoms with Crippen LogP contribution in [0.1, 0.15) is 32.3 Å². The number of quaternary nitrogens is 1. The second kappa shape index (κ2) is 7.95. The SMILES string of the molecule is CCN(CC)C(=O)[C@@H]1CCC[NH+](Cc2ccc(Br)cc2)C1. The third kappa shape index (κ3) is 4.55. The molecule has 1 aromatic rings. The molecule has 2 atom stereocenters. The molecular weight excluding hydrogens is 328 g/mol. The van der Waals surface area contributed by atoms with Gasteiger partial charge in [-0.25, -0.2) is 0 Å². The van der Waals surface area contributed by atoms with E-state index in [1.54, 1.807) is 0 Å². The van der Waals surface area contributed by atoms with Gasteiger partial charge in [0.15, 0.2) is 0 Å². The number of carbonyl (C=O) groups excluding carboxylic acids is 1. The number of carbonyl (C=O) groups is 1. The van der Waals surface area contributed by atoms with Gasteiger partial charge in [0.2, 0.25) is 5.91 Å².